The average molecular weight is 286 g/mol. The monoisotopic (exact) mass is 286 g/mol. The van der Waals surface area contributed by atoms with Gasteiger partial charge in [-0.25, -0.2) is 14.8 Å². The summed E-state index contributed by atoms with van der Waals surface area (Å²) in [6, 6.07) is 5.36. The molecule has 0 atom stereocenters. The van der Waals surface area contributed by atoms with Crippen LogP contribution in [0.1, 0.15) is 42.4 Å². The number of phenolic OH excluding ortho intramolecular Hbond substituents is 1. The van der Waals surface area contributed by atoms with E-state index in [1.165, 1.54) is 6.20 Å². The number of nitrogens with zero attached hydrogens (tertiary/aromatic N) is 2. The predicted molar refractivity (Wildman–Crippen MR) is 79.5 cm³/mol. The molecule has 2 rings (SSSR count). The van der Waals surface area contributed by atoms with Crippen molar-refractivity contribution in [2.45, 2.75) is 33.1 Å². The van der Waals surface area contributed by atoms with E-state index in [-0.39, 0.29) is 16.7 Å². The van der Waals surface area contributed by atoms with E-state index in [4.69, 9.17) is 5.11 Å². The number of hydrogen-bond acceptors (Lipinski definition) is 4. The molecule has 0 aliphatic rings. The summed E-state index contributed by atoms with van der Waals surface area (Å²) >= 11 is 0. The number of aromatic carboxylic acids is 1. The number of rotatable bonds is 2. The van der Waals surface area contributed by atoms with Crippen LogP contribution in [0.15, 0.2) is 24.4 Å². The number of aryl methyl sites for hydroxylation is 1. The van der Waals surface area contributed by atoms with Gasteiger partial charge in [0.1, 0.15) is 5.75 Å². The van der Waals surface area contributed by atoms with Gasteiger partial charge in [0.25, 0.3) is 0 Å². The summed E-state index contributed by atoms with van der Waals surface area (Å²) in [5, 5.41) is 19.2. The summed E-state index contributed by atoms with van der Waals surface area (Å²) in [6.07, 6.45) is 1.26. The summed E-state index contributed by atoms with van der Waals surface area (Å²) < 4.78 is 0. The van der Waals surface area contributed by atoms with Crippen molar-refractivity contribution in [3.8, 4) is 17.1 Å². The molecule has 21 heavy (non-hydrogen) atoms. The second-order valence-electron chi connectivity index (χ2n) is 5.98. The summed E-state index contributed by atoms with van der Waals surface area (Å²) in [5.41, 5.74) is 1.85. The van der Waals surface area contributed by atoms with Gasteiger partial charge in [0.2, 0.25) is 0 Å². The number of aromatic hydroxyl groups is 1. The van der Waals surface area contributed by atoms with Crippen molar-refractivity contribution >= 4 is 5.97 Å². The molecule has 0 aliphatic heterocycles. The van der Waals surface area contributed by atoms with E-state index < -0.39 is 5.97 Å². The number of hydrogen-bond donors (Lipinski definition) is 2. The molecule has 5 nitrogen and oxygen atoms in total. The highest BCUT2D eigenvalue weighted by Gasteiger charge is 2.18. The molecule has 0 saturated heterocycles. The molecule has 1 aromatic heterocycles. The third-order valence-corrected chi connectivity index (χ3v) is 3.31. The Morgan fingerprint density at radius 2 is 1.90 bits per heavy atom. The maximum Gasteiger partial charge on any atom is 0.339 e. The summed E-state index contributed by atoms with van der Waals surface area (Å²) in [6.45, 7) is 7.78. The van der Waals surface area contributed by atoms with Gasteiger partial charge in [0.05, 0.1) is 16.8 Å². The summed E-state index contributed by atoms with van der Waals surface area (Å²) in [5.74, 6) is -0.660. The Morgan fingerprint density at radius 3 is 2.38 bits per heavy atom. The van der Waals surface area contributed by atoms with Crippen LogP contribution in [0.4, 0.5) is 0 Å². The molecule has 0 fully saturated rings. The summed E-state index contributed by atoms with van der Waals surface area (Å²) in [4.78, 5) is 19.2. The fourth-order valence-corrected chi connectivity index (χ4v) is 1.99. The summed E-state index contributed by atoms with van der Waals surface area (Å²) in [7, 11) is 0. The van der Waals surface area contributed by atoms with Crippen LogP contribution in [0.5, 0.6) is 5.75 Å². The zero-order chi connectivity index (χ0) is 15.8. The number of carbonyl (C=O) groups is 1. The van der Waals surface area contributed by atoms with E-state index in [0.29, 0.717) is 17.1 Å². The van der Waals surface area contributed by atoms with Gasteiger partial charge >= 0.3 is 5.97 Å². The third kappa shape index (κ3) is 3.02. The molecule has 110 valence electrons. The van der Waals surface area contributed by atoms with Crippen molar-refractivity contribution in [2.24, 2.45) is 0 Å². The van der Waals surface area contributed by atoms with Crippen molar-refractivity contribution in [1.29, 1.82) is 0 Å². The minimum atomic E-state index is -1.06. The molecule has 0 amide bonds. The SMILES string of the molecule is Cc1nc(-c2ccc(C(C)(C)C)cc2O)ncc1C(=O)O. The van der Waals surface area contributed by atoms with Gasteiger partial charge in [0, 0.05) is 6.20 Å². The maximum atomic E-state index is 11.0. The fraction of sp³-hybridized carbons (Fsp3) is 0.312. The van der Waals surface area contributed by atoms with Crippen molar-refractivity contribution in [3.05, 3.63) is 41.2 Å². The van der Waals surface area contributed by atoms with Crippen LogP contribution in [0.2, 0.25) is 0 Å². The zero-order valence-electron chi connectivity index (χ0n) is 12.5. The van der Waals surface area contributed by atoms with Crippen molar-refractivity contribution in [1.82, 2.24) is 9.97 Å². The molecular weight excluding hydrogens is 268 g/mol. The van der Waals surface area contributed by atoms with Crippen molar-refractivity contribution in [2.75, 3.05) is 0 Å². The Hall–Kier alpha value is -2.43. The molecule has 5 heteroatoms. The smallest absolute Gasteiger partial charge is 0.339 e. The fourth-order valence-electron chi connectivity index (χ4n) is 1.99. The first-order valence-corrected chi connectivity index (χ1v) is 6.61. The Balaban J connectivity index is 2.48. The lowest BCUT2D eigenvalue weighted by Gasteiger charge is -2.19. The highest BCUT2D eigenvalue weighted by Crippen LogP contribution is 2.32. The molecule has 0 aliphatic carbocycles. The molecule has 0 radical (unpaired) electrons. The minimum absolute atomic E-state index is 0.0598. The van der Waals surface area contributed by atoms with Gasteiger partial charge in [-0.2, -0.15) is 0 Å². The van der Waals surface area contributed by atoms with Gasteiger partial charge in [-0.1, -0.05) is 26.8 Å². The highest BCUT2D eigenvalue weighted by atomic mass is 16.4. The van der Waals surface area contributed by atoms with Gasteiger partial charge in [0.15, 0.2) is 5.82 Å². The Morgan fingerprint density at radius 1 is 1.24 bits per heavy atom. The Bertz CT molecular complexity index is 703. The van der Waals surface area contributed by atoms with Crippen LogP contribution in [0.3, 0.4) is 0 Å². The van der Waals surface area contributed by atoms with E-state index in [1.807, 2.05) is 6.07 Å². The number of carboxylic acids is 1. The Kier molecular flexibility index (Phi) is 3.68. The minimum Gasteiger partial charge on any atom is -0.507 e. The molecule has 1 heterocycles. The third-order valence-electron chi connectivity index (χ3n) is 3.31. The second kappa shape index (κ2) is 5.16. The number of benzene rings is 1. The quantitative estimate of drug-likeness (QED) is 0.886. The number of carboxylic acid groups (broad SMARTS) is 1. The molecule has 0 saturated carbocycles. The highest BCUT2D eigenvalue weighted by molar-refractivity contribution is 5.88. The van der Waals surface area contributed by atoms with Crippen LogP contribution >= 0.6 is 0 Å². The van der Waals surface area contributed by atoms with E-state index in [9.17, 15) is 9.90 Å². The topological polar surface area (TPSA) is 83.3 Å². The standard InChI is InChI=1S/C16H18N2O3/c1-9-12(15(20)21)8-17-14(18-9)11-6-5-10(7-13(11)19)16(2,3)4/h5-8,19H,1-4H3,(H,20,21). The van der Waals surface area contributed by atoms with E-state index in [1.54, 1.807) is 19.1 Å². The first-order valence-electron chi connectivity index (χ1n) is 6.61. The zero-order valence-corrected chi connectivity index (χ0v) is 12.5. The van der Waals surface area contributed by atoms with E-state index in [0.717, 1.165) is 5.56 Å². The normalized spacial score (nSPS) is 11.4. The number of phenols is 1. The molecular formula is C16H18N2O3. The Labute approximate surface area is 123 Å². The van der Waals surface area contributed by atoms with Crippen LogP contribution in [-0.4, -0.2) is 26.2 Å². The number of aromatic nitrogens is 2. The van der Waals surface area contributed by atoms with E-state index >= 15 is 0 Å². The van der Waals surface area contributed by atoms with Gasteiger partial charge in [-0.3, -0.25) is 0 Å². The van der Waals surface area contributed by atoms with Crippen LogP contribution < -0.4 is 0 Å². The lowest BCUT2D eigenvalue weighted by Crippen LogP contribution is -2.10. The second-order valence-corrected chi connectivity index (χ2v) is 5.98. The van der Waals surface area contributed by atoms with Gasteiger partial charge < -0.3 is 10.2 Å². The molecule has 2 aromatic rings. The largest absolute Gasteiger partial charge is 0.507 e. The molecule has 0 spiro atoms. The molecule has 1 aromatic carbocycles. The van der Waals surface area contributed by atoms with Crippen LogP contribution in [0.25, 0.3) is 11.4 Å². The molecule has 0 bridgehead atoms. The van der Waals surface area contributed by atoms with Crippen molar-refractivity contribution < 1.29 is 15.0 Å². The van der Waals surface area contributed by atoms with Crippen LogP contribution in [-0.2, 0) is 5.41 Å². The lowest BCUT2D eigenvalue weighted by molar-refractivity contribution is 0.0695. The average Bonchev–Trinajstić information content (AvgIpc) is 2.36. The van der Waals surface area contributed by atoms with E-state index in [2.05, 4.69) is 30.7 Å². The van der Waals surface area contributed by atoms with Crippen molar-refractivity contribution in [3.63, 3.8) is 0 Å². The van der Waals surface area contributed by atoms with Crippen LogP contribution in [0, 0.1) is 6.92 Å². The first-order chi connectivity index (χ1) is 9.70. The lowest BCUT2D eigenvalue weighted by atomic mass is 9.86. The van der Waals surface area contributed by atoms with Gasteiger partial charge in [-0.15, -0.1) is 0 Å². The maximum absolute atomic E-state index is 11.0. The van der Waals surface area contributed by atoms with Gasteiger partial charge in [-0.05, 0) is 30.0 Å². The first kappa shape index (κ1) is 15.0. The molecule has 2 N–H and O–H groups in total. The predicted octanol–water partition coefficient (Wildman–Crippen LogP) is 3.15. The molecule has 0 unspecified atom stereocenters.